The first kappa shape index (κ1) is 14.8. The zero-order valence-electron chi connectivity index (χ0n) is 11.8. The van der Waals surface area contributed by atoms with E-state index in [1.807, 2.05) is 0 Å². The quantitative estimate of drug-likeness (QED) is 0.651. The fraction of sp³-hybridized carbons (Fsp3) is 0.267. The molecule has 1 heterocycles. The molecule has 2 rings (SSSR count). The number of aromatic hydroxyl groups is 1. The molecule has 0 aliphatic carbocycles. The first-order chi connectivity index (χ1) is 9.88. The molecule has 6 heteroatoms. The number of carbonyl (C=O) groups is 3. The average molecular weight is 288 g/mol. The van der Waals surface area contributed by atoms with Gasteiger partial charge in [-0.1, -0.05) is 12.1 Å². The van der Waals surface area contributed by atoms with Crippen LogP contribution in [0, 0.1) is 0 Å². The van der Waals surface area contributed by atoms with Crippen molar-refractivity contribution in [2.45, 2.75) is 26.3 Å². The smallest absolute Gasteiger partial charge is 0.329 e. The van der Waals surface area contributed by atoms with Gasteiger partial charge in [0.1, 0.15) is 17.2 Å². The van der Waals surface area contributed by atoms with E-state index in [4.69, 9.17) is 0 Å². The van der Waals surface area contributed by atoms with Gasteiger partial charge in [0.2, 0.25) is 0 Å². The summed E-state index contributed by atoms with van der Waals surface area (Å²) in [5.74, 6) is -0.420. The predicted molar refractivity (Wildman–Crippen MR) is 76.2 cm³/mol. The van der Waals surface area contributed by atoms with Crippen LogP contribution in [0.2, 0.25) is 0 Å². The Morgan fingerprint density at radius 3 is 2.52 bits per heavy atom. The lowest BCUT2D eigenvalue weighted by molar-refractivity contribution is -0.125. The molecule has 1 aliphatic rings. The van der Waals surface area contributed by atoms with Crippen LogP contribution in [0.15, 0.2) is 30.0 Å². The molecule has 1 aromatic carbocycles. The summed E-state index contributed by atoms with van der Waals surface area (Å²) in [7, 11) is 0. The van der Waals surface area contributed by atoms with Crippen LogP contribution in [0.5, 0.6) is 5.75 Å². The van der Waals surface area contributed by atoms with Crippen molar-refractivity contribution in [2.75, 3.05) is 0 Å². The number of rotatable bonds is 4. The number of phenols is 1. The molecule has 1 aliphatic heterocycles. The van der Waals surface area contributed by atoms with Crippen molar-refractivity contribution < 1.29 is 19.5 Å². The highest BCUT2D eigenvalue weighted by atomic mass is 16.3. The lowest BCUT2D eigenvalue weighted by Gasteiger charge is -2.19. The highest BCUT2D eigenvalue weighted by Gasteiger charge is 2.37. The molecular weight excluding hydrogens is 272 g/mol. The van der Waals surface area contributed by atoms with Crippen LogP contribution in [0.3, 0.4) is 0 Å². The molecule has 21 heavy (non-hydrogen) atoms. The zero-order valence-corrected chi connectivity index (χ0v) is 11.8. The van der Waals surface area contributed by atoms with Crippen LogP contribution in [0.25, 0.3) is 6.08 Å². The van der Waals surface area contributed by atoms with Crippen LogP contribution in [-0.4, -0.2) is 33.8 Å². The topological polar surface area (TPSA) is 86.7 Å². The van der Waals surface area contributed by atoms with Crippen LogP contribution >= 0.6 is 0 Å². The van der Waals surface area contributed by atoms with E-state index >= 15 is 0 Å². The molecule has 2 N–H and O–H groups in total. The largest absolute Gasteiger partial charge is 0.508 e. The maximum atomic E-state index is 12.2. The van der Waals surface area contributed by atoms with Crippen molar-refractivity contribution in [1.29, 1.82) is 0 Å². The first-order valence-electron chi connectivity index (χ1n) is 6.53. The highest BCUT2D eigenvalue weighted by molar-refractivity contribution is 6.14. The summed E-state index contributed by atoms with van der Waals surface area (Å²) >= 11 is 0. The minimum atomic E-state index is -0.529. The van der Waals surface area contributed by atoms with Crippen LogP contribution < -0.4 is 5.32 Å². The Labute approximate surface area is 122 Å². The third-order valence-electron chi connectivity index (χ3n) is 3.14. The first-order valence-corrected chi connectivity index (χ1v) is 6.53. The molecule has 0 aromatic heterocycles. The van der Waals surface area contributed by atoms with Gasteiger partial charge in [-0.05, 0) is 37.6 Å². The zero-order chi connectivity index (χ0) is 15.6. The number of Topliss-reactive ketones (excluding diaryl/α,β-unsaturated/α-hetero) is 1. The minimum Gasteiger partial charge on any atom is -0.508 e. The molecule has 1 atom stereocenters. The number of hydrogen-bond acceptors (Lipinski definition) is 4. The minimum absolute atomic E-state index is 0.0842. The van der Waals surface area contributed by atoms with E-state index in [2.05, 4.69) is 5.32 Å². The predicted octanol–water partition coefficient (Wildman–Crippen LogP) is 1.65. The summed E-state index contributed by atoms with van der Waals surface area (Å²) in [5.41, 5.74) is 0.832. The van der Waals surface area contributed by atoms with Gasteiger partial charge >= 0.3 is 6.03 Å². The fourth-order valence-corrected chi connectivity index (χ4v) is 2.19. The molecule has 1 saturated heterocycles. The van der Waals surface area contributed by atoms with Gasteiger partial charge in [0.15, 0.2) is 0 Å². The Balaban J connectivity index is 2.21. The SMILES string of the molecule is CC(=O)CC(C)N1C(=O)NC(=Cc2ccc(O)cc2)C1=O. The van der Waals surface area contributed by atoms with E-state index in [-0.39, 0.29) is 23.7 Å². The maximum Gasteiger partial charge on any atom is 0.329 e. The van der Waals surface area contributed by atoms with E-state index in [1.165, 1.54) is 25.1 Å². The molecule has 1 unspecified atom stereocenters. The fourth-order valence-electron chi connectivity index (χ4n) is 2.19. The molecule has 1 fully saturated rings. The number of benzene rings is 1. The maximum absolute atomic E-state index is 12.2. The van der Waals surface area contributed by atoms with Gasteiger partial charge in [-0.25, -0.2) is 4.79 Å². The van der Waals surface area contributed by atoms with Crippen molar-refractivity contribution in [3.05, 3.63) is 35.5 Å². The van der Waals surface area contributed by atoms with Gasteiger partial charge in [-0.2, -0.15) is 0 Å². The molecular formula is C15H16N2O4. The third kappa shape index (κ3) is 3.28. The van der Waals surface area contributed by atoms with Gasteiger partial charge in [-0.15, -0.1) is 0 Å². The van der Waals surface area contributed by atoms with Crippen molar-refractivity contribution in [2.24, 2.45) is 0 Å². The Kier molecular flexibility index (Phi) is 4.07. The second-order valence-electron chi connectivity index (χ2n) is 5.01. The number of hydrogen-bond donors (Lipinski definition) is 2. The number of carbonyl (C=O) groups excluding carboxylic acids is 3. The van der Waals surface area contributed by atoms with Gasteiger partial charge in [0.25, 0.3) is 5.91 Å². The average Bonchev–Trinajstić information content (AvgIpc) is 2.66. The van der Waals surface area contributed by atoms with Crippen LogP contribution in [-0.2, 0) is 9.59 Å². The summed E-state index contributed by atoms with van der Waals surface area (Å²) in [6.07, 6.45) is 1.66. The molecule has 6 nitrogen and oxygen atoms in total. The molecule has 0 spiro atoms. The number of amides is 3. The Morgan fingerprint density at radius 1 is 1.33 bits per heavy atom. The van der Waals surface area contributed by atoms with Crippen molar-refractivity contribution in [1.82, 2.24) is 10.2 Å². The van der Waals surface area contributed by atoms with E-state index in [9.17, 15) is 19.5 Å². The third-order valence-corrected chi connectivity index (χ3v) is 3.14. The van der Waals surface area contributed by atoms with E-state index in [1.54, 1.807) is 19.1 Å². The van der Waals surface area contributed by atoms with Crippen molar-refractivity contribution in [3.63, 3.8) is 0 Å². The van der Waals surface area contributed by atoms with Gasteiger partial charge in [0, 0.05) is 12.5 Å². The Morgan fingerprint density at radius 2 is 1.95 bits per heavy atom. The molecule has 0 radical (unpaired) electrons. The summed E-state index contributed by atoms with van der Waals surface area (Å²) in [6.45, 7) is 3.07. The van der Waals surface area contributed by atoms with E-state index < -0.39 is 18.0 Å². The lowest BCUT2D eigenvalue weighted by atomic mass is 10.1. The molecule has 1 aromatic rings. The summed E-state index contributed by atoms with van der Waals surface area (Å²) in [5, 5.41) is 11.7. The molecule has 0 saturated carbocycles. The van der Waals surface area contributed by atoms with Gasteiger partial charge in [0.05, 0.1) is 0 Å². The molecule has 0 bridgehead atoms. The van der Waals surface area contributed by atoms with Gasteiger partial charge in [-0.3, -0.25) is 14.5 Å². The lowest BCUT2D eigenvalue weighted by Crippen LogP contribution is -2.39. The van der Waals surface area contributed by atoms with E-state index in [0.29, 0.717) is 5.56 Å². The Bertz CT molecular complexity index is 619. The second kappa shape index (κ2) is 5.78. The number of phenolic OH excluding ortho intramolecular Hbond substituents is 1. The number of urea groups is 1. The molecule has 3 amide bonds. The van der Waals surface area contributed by atoms with Crippen LogP contribution in [0.4, 0.5) is 4.79 Å². The summed E-state index contributed by atoms with van der Waals surface area (Å²) < 4.78 is 0. The number of ketones is 1. The van der Waals surface area contributed by atoms with E-state index in [0.717, 1.165) is 4.90 Å². The summed E-state index contributed by atoms with van der Waals surface area (Å²) in [4.78, 5) is 36.3. The monoisotopic (exact) mass is 288 g/mol. The normalized spacial score (nSPS) is 18.0. The standard InChI is InChI=1S/C15H16N2O4/c1-9(7-10(2)18)17-14(20)13(16-15(17)21)8-11-3-5-12(19)6-4-11/h3-6,8-9,19H,7H2,1-2H3,(H,16,21). The van der Waals surface area contributed by atoms with Gasteiger partial charge < -0.3 is 10.4 Å². The number of nitrogens with zero attached hydrogens (tertiary/aromatic N) is 1. The van der Waals surface area contributed by atoms with Crippen molar-refractivity contribution >= 4 is 23.8 Å². The number of nitrogens with one attached hydrogen (secondary N) is 1. The number of imide groups is 1. The van der Waals surface area contributed by atoms with Crippen molar-refractivity contribution in [3.8, 4) is 5.75 Å². The highest BCUT2D eigenvalue weighted by Crippen LogP contribution is 2.19. The molecule has 110 valence electrons. The summed E-state index contributed by atoms with van der Waals surface area (Å²) in [6, 6.07) is 5.22. The Hall–Kier alpha value is -2.63. The van der Waals surface area contributed by atoms with Crippen LogP contribution in [0.1, 0.15) is 25.8 Å². The second-order valence-corrected chi connectivity index (χ2v) is 5.01.